The minimum atomic E-state index is 0.595. The van der Waals surface area contributed by atoms with Gasteiger partial charge in [-0.25, -0.2) is 0 Å². The van der Waals surface area contributed by atoms with Gasteiger partial charge in [-0.05, 0) is 35.6 Å². The fourth-order valence-corrected chi connectivity index (χ4v) is 2.97. The molecule has 0 bridgehead atoms. The summed E-state index contributed by atoms with van der Waals surface area (Å²) in [5.41, 5.74) is 4.79. The van der Waals surface area contributed by atoms with Crippen molar-refractivity contribution in [2.24, 2.45) is 5.92 Å². The summed E-state index contributed by atoms with van der Waals surface area (Å²) in [7, 11) is 0. The minimum Gasteiger partial charge on any atom is -0.456 e. The molecule has 0 aliphatic heterocycles. The maximum absolute atomic E-state index is 6.01. The lowest BCUT2D eigenvalue weighted by molar-refractivity contribution is 0.584. The number of fused-ring (bicyclic) bond motifs is 3. The van der Waals surface area contributed by atoms with Gasteiger partial charge in [-0.2, -0.15) is 0 Å². The second kappa shape index (κ2) is 4.38. The Morgan fingerprint density at radius 1 is 1.00 bits per heavy atom. The van der Waals surface area contributed by atoms with E-state index in [1.165, 1.54) is 22.1 Å². The van der Waals surface area contributed by atoms with Gasteiger partial charge < -0.3 is 4.42 Å². The Balaban J connectivity index is 1.88. The van der Waals surface area contributed by atoms with E-state index in [2.05, 4.69) is 61.5 Å². The van der Waals surface area contributed by atoms with Crippen LogP contribution in [0, 0.1) is 5.92 Å². The summed E-state index contributed by atoms with van der Waals surface area (Å²) in [5, 5.41) is 1.26. The van der Waals surface area contributed by atoms with Gasteiger partial charge in [0.25, 0.3) is 0 Å². The smallest absolute Gasteiger partial charge is 0.135 e. The van der Waals surface area contributed by atoms with Crippen molar-refractivity contribution in [2.75, 3.05) is 0 Å². The maximum atomic E-state index is 6.01. The summed E-state index contributed by atoms with van der Waals surface area (Å²) in [6.07, 6.45) is 5.41. The van der Waals surface area contributed by atoms with Crippen LogP contribution in [0.5, 0.6) is 0 Å². The molecule has 0 amide bonds. The van der Waals surface area contributed by atoms with Crippen LogP contribution in [0.1, 0.15) is 18.2 Å². The first kappa shape index (κ1) is 11.5. The number of hydrogen-bond acceptors (Lipinski definition) is 1. The predicted octanol–water partition coefficient (Wildman–Crippen LogP) is 5.31. The second-order valence-corrected chi connectivity index (χ2v) is 5.56. The van der Waals surface area contributed by atoms with Crippen molar-refractivity contribution in [3.63, 3.8) is 0 Å². The molecule has 1 atom stereocenters. The molecule has 20 heavy (non-hydrogen) atoms. The Hall–Kier alpha value is -2.28. The first-order valence-corrected chi connectivity index (χ1v) is 7.10. The Morgan fingerprint density at radius 3 is 2.70 bits per heavy atom. The molecular weight excluding hydrogens is 244 g/mol. The summed E-state index contributed by atoms with van der Waals surface area (Å²) >= 11 is 0. The summed E-state index contributed by atoms with van der Waals surface area (Å²) in [6, 6.07) is 17.0. The van der Waals surface area contributed by atoms with Gasteiger partial charge in [-0.3, -0.25) is 0 Å². The van der Waals surface area contributed by atoms with Crippen molar-refractivity contribution in [2.45, 2.75) is 13.3 Å². The highest BCUT2D eigenvalue weighted by molar-refractivity contribution is 5.89. The van der Waals surface area contributed by atoms with Crippen LogP contribution in [0.15, 0.2) is 59.0 Å². The van der Waals surface area contributed by atoms with Gasteiger partial charge >= 0.3 is 0 Å². The van der Waals surface area contributed by atoms with E-state index in [1.807, 2.05) is 6.07 Å². The Bertz CT molecular complexity index is 793. The molecule has 0 radical (unpaired) electrons. The predicted molar refractivity (Wildman–Crippen MR) is 83.6 cm³/mol. The van der Waals surface area contributed by atoms with Gasteiger partial charge in [0.2, 0.25) is 0 Å². The van der Waals surface area contributed by atoms with Crippen molar-refractivity contribution in [3.8, 4) is 11.1 Å². The van der Waals surface area contributed by atoms with Gasteiger partial charge in [-0.15, -0.1) is 0 Å². The first-order valence-electron chi connectivity index (χ1n) is 7.10. The molecule has 0 spiro atoms. The molecule has 1 heteroatoms. The van der Waals surface area contributed by atoms with E-state index in [0.717, 1.165) is 17.8 Å². The molecule has 2 aromatic carbocycles. The molecular formula is C19H16O. The normalized spacial score (nSPS) is 17.4. The van der Waals surface area contributed by atoms with Crippen LogP contribution in [0.25, 0.3) is 28.2 Å². The lowest BCUT2D eigenvalue weighted by atomic mass is 9.93. The highest BCUT2D eigenvalue weighted by atomic mass is 16.3. The van der Waals surface area contributed by atoms with Gasteiger partial charge in [0.05, 0.1) is 0 Å². The van der Waals surface area contributed by atoms with E-state index in [-0.39, 0.29) is 0 Å². The Morgan fingerprint density at radius 2 is 1.85 bits per heavy atom. The Labute approximate surface area is 118 Å². The minimum absolute atomic E-state index is 0.595. The molecule has 1 aliphatic rings. The third kappa shape index (κ3) is 1.78. The van der Waals surface area contributed by atoms with Crippen LogP contribution >= 0.6 is 0 Å². The van der Waals surface area contributed by atoms with Crippen LogP contribution in [0.2, 0.25) is 0 Å². The molecule has 4 rings (SSSR count). The zero-order valence-corrected chi connectivity index (χ0v) is 11.5. The molecule has 0 N–H and O–H groups in total. The first-order chi connectivity index (χ1) is 9.81. The zero-order valence-electron chi connectivity index (χ0n) is 11.5. The van der Waals surface area contributed by atoms with Gasteiger partial charge in [0, 0.05) is 10.9 Å². The van der Waals surface area contributed by atoms with Crippen LogP contribution < -0.4 is 0 Å². The molecule has 0 saturated heterocycles. The molecule has 1 aliphatic carbocycles. The summed E-state index contributed by atoms with van der Waals surface area (Å²) in [4.78, 5) is 0. The fraction of sp³-hybridized carbons (Fsp3) is 0.158. The summed E-state index contributed by atoms with van der Waals surface area (Å²) in [5.74, 6) is 1.63. The monoisotopic (exact) mass is 260 g/mol. The molecule has 1 nitrogen and oxygen atoms in total. The van der Waals surface area contributed by atoms with E-state index in [4.69, 9.17) is 4.42 Å². The van der Waals surface area contributed by atoms with Crippen molar-refractivity contribution in [1.29, 1.82) is 0 Å². The number of furan rings is 1. The molecule has 1 heterocycles. The molecule has 0 saturated carbocycles. The molecule has 1 unspecified atom stereocenters. The number of benzene rings is 2. The topological polar surface area (TPSA) is 13.1 Å². The second-order valence-electron chi connectivity index (χ2n) is 5.56. The summed E-state index contributed by atoms with van der Waals surface area (Å²) in [6.45, 7) is 2.25. The van der Waals surface area contributed by atoms with E-state index in [9.17, 15) is 0 Å². The average molecular weight is 260 g/mol. The average Bonchev–Trinajstić information content (AvgIpc) is 2.85. The molecule has 1 aromatic heterocycles. The van der Waals surface area contributed by atoms with Crippen molar-refractivity contribution >= 4 is 17.0 Å². The van der Waals surface area contributed by atoms with E-state index in [1.54, 1.807) is 0 Å². The van der Waals surface area contributed by atoms with Crippen molar-refractivity contribution in [3.05, 3.63) is 65.9 Å². The standard InChI is InChI=1S/C19H16O/c1-13-7-10-18-17(11-13)16-9-8-15(12-19(16)20-18)14-5-3-2-4-6-14/h2-10,12-13H,11H2,1H3. The lowest BCUT2D eigenvalue weighted by Gasteiger charge is -2.10. The quantitative estimate of drug-likeness (QED) is 0.578. The highest BCUT2D eigenvalue weighted by Crippen LogP contribution is 2.34. The lowest BCUT2D eigenvalue weighted by Crippen LogP contribution is -2.00. The highest BCUT2D eigenvalue weighted by Gasteiger charge is 2.18. The SMILES string of the molecule is CC1C=Cc2oc3cc(-c4ccccc4)ccc3c2C1. The van der Waals surface area contributed by atoms with E-state index < -0.39 is 0 Å². The Kier molecular flexibility index (Phi) is 2.53. The summed E-state index contributed by atoms with van der Waals surface area (Å²) < 4.78 is 6.01. The molecule has 3 aromatic rings. The van der Waals surface area contributed by atoms with Crippen LogP contribution in [-0.4, -0.2) is 0 Å². The zero-order chi connectivity index (χ0) is 13.5. The number of rotatable bonds is 1. The third-order valence-corrected chi connectivity index (χ3v) is 4.03. The maximum Gasteiger partial charge on any atom is 0.135 e. The van der Waals surface area contributed by atoms with Gasteiger partial charge in [-0.1, -0.05) is 55.5 Å². The van der Waals surface area contributed by atoms with Crippen molar-refractivity contribution in [1.82, 2.24) is 0 Å². The van der Waals surface area contributed by atoms with Crippen molar-refractivity contribution < 1.29 is 4.42 Å². The molecule has 0 fully saturated rings. The number of allylic oxidation sites excluding steroid dienone is 1. The number of hydrogen-bond donors (Lipinski definition) is 0. The van der Waals surface area contributed by atoms with Gasteiger partial charge in [0.15, 0.2) is 0 Å². The fourth-order valence-electron chi connectivity index (χ4n) is 2.97. The van der Waals surface area contributed by atoms with Gasteiger partial charge in [0.1, 0.15) is 11.3 Å². The third-order valence-electron chi connectivity index (χ3n) is 4.03. The van der Waals surface area contributed by atoms with Crippen LogP contribution in [0.4, 0.5) is 0 Å². The van der Waals surface area contributed by atoms with E-state index in [0.29, 0.717) is 5.92 Å². The molecule has 98 valence electrons. The van der Waals surface area contributed by atoms with E-state index >= 15 is 0 Å². The van der Waals surface area contributed by atoms with Crippen LogP contribution in [-0.2, 0) is 6.42 Å². The largest absolute Gasteiger partial charge is 0.456 e. The van der Waals surface area contributed by atoms with Crippen LogP contribution in [0.3, 0.4) is 0 Å².